The molecule has 0 spiro atoms. The van der Waals surface area contributed by atoms with Gasteiger partial charge in [0.05, 0.1) is 13.2 Å². The molecule has 2 aromatic carbocycles. The maximum Gasteiger partial charge on any atom is 0.124 e. The molecule has 1 unspecified atom stereocenters. The van der Waals surface area contributed by atoms with Gasteiger partial charge in [0.15, 0.2) is 0 Å². The summed E-state index contributed by atoms with van der Waals surface area (Å²) in [5, 5.41) is 13.3. The number of fused-ring (bicyclic) bond motifs is 1. The second-order valence-corrected chi connectivity index (χ2v) is 5.46. The van der Waals surface area contributed by atoms with Crippen LogP contribution in [0, 0.1) is 0 Å². The molecule has 2 N–H and O–H groups in total. The van der Waals surface area contributed by atoms with E-state index in [4.69, 9.17) is 4.74 Å². The molecule has 0 amide bonds. The van der Waals surface area contributed by atoms with Gasteiger partial charge in [0.2, 0.25) is 0 Å². The topological polar surface area (TPSA) is 41.5 Å². The van der Waals surface area contributed by atoms with Gasteiger partial charge in [0.25, 0.3) is 0 Å². The molecular formula is C18H21NO2. The van der Waals surface area contributed by atoms with Gasteiger partial charge < -0.3 is 15.2 Å². The molecule has 0 radical (unpaired) electrons. The third-order valence-electron chi connectivity index (χ3n) is 3.94. The maximum atomic E-state index is 9.67. The van der Waals surface area contributed by atoms with Crippen LogP contribution in [0.3, 0.4) is 0 Å². The van der Waals surface area contributed by atoms with E-state index >= 15 is 0 Å². The average Bonchev–Trinajstić information content (AvgIpc) is 2.55. The summed E-state index contributed by atoms with van der Waals surface area (Å²) in [6, 6.07) is 18.7. The molecule has 21 heavy (non-hydrogen) atoms. The van der Waals surface area contributed by atoms with Crippen LogP contribution in [-0.4, -0.2) is 24.4 Å². The summed E-state index contributed by atoms with van der Waals surface area (Å²) in [7, 11) is 0. The largest absolute Gasteiger partial charge is 0.493 e. The minimum Gasteiger partial charge on any atom is -0.493 e. The lowest BCUT2D eigenvalue weighted by atomic mass is 9.98. The number of rotatable bonds is 5. The van der Waals surface area contributed by atoms with Crippen LogP contribution in [0.1, 0.15) is 23.6 Å². The molecule has 2 atom stereocenters. The van der Waals surface area contributed by atoms with Crippen LogP contribution in [0.25, 0.3) is 0 Å². The normalized spacial score (nSPS) is 18.6. The molecule has 1 aliphatic heterocycles. The van der Waals surface area contributed by atoms with Crippen LogP contribution in [0.5, 0.6) is 5.75 Å². The van der Waals surface area contributed by atoms with E-state index in [1.54, 1.807) is 0 Å². The van der Waals surface area contributed by atoms with Gasteiger partial charge in [-0.2, -0.15) is 0 Å². The van der Waals surface area contributed by atoms with Gasteiger partial charge in [0, 0.05) is 24.1 Å². The Morgan fingerprint density at radius 2 is 1.86 bits per heavy atom. The van der Waals surface area contributed by atoms with Crippen LogP contribution in [0.2, 0.25) is 0 Å². The minimum absolute atomic E-state index is 0.0588. The predicted molar refractivity (Wildman–Crippen MR) is 83.5 cm³/mol. The highest BCUT2D eigenvalue weighted by atomic mass is 16.5. The van der Waals surface area contributed by atoms with Crippen molar-refractivity contribution in [3.63, 3.8) is 0 Å². The third-order valence-corrected chi connectivity index (χ3v) is 3.94. The number of aliphatic hydroxyl groups excluding tert-OH is 1. The highest BCUT2D eigenvalue weighted by Gasteiger charge is 2.23. The third kappa shape index (κ3) is 3.43. The Bertz CT molecular complexity index is 570. The lowest BCUT2D eigenvalue weighted by molar-refractivity contribution is 0.202. The molecule has 2 aromatic rings. The first-order chi connectivity index (χ1) is 10.4. The Labute approximate surface area is 125 Å². The average molecular weight is 283 g/mol. The zero-order valence-electron chi connectivity index (χ0n) is 12.0. The van der Waals surface area contributed by atoms with Gasteiger partial charge in [-0.3, -0.25) is 0 Å². The first-order valence-corrected chi connectivity index (χ1v) is 7.49. The summed E-state index contributed by atoms with van der Waals surface area (Å²) in [6.45, 7) is 0.854. The summed E-state index contributed by atoms with van der Waals surface area (Å²) >= 11 is 0. The standard InChI is InChI=1S/C18H21NO2/c20-13-15(12-14-6-2-1-3-7-14)19-17-10-11-21-18-9-5-4-8-16(17)18/h1-9,15,17,19-20H,10-13H2/t15-,17?/m1/s1. The molecule has 0 aliphatic carbocycles. The second kappa shape index (κ2) is 6.74. The van der Waals surface area contributed by atoms with Crippen molar-refractivity contribution in [3.05, 3.63) is 65.7 Å². The smallest absolute Gasteiger partial charge is 0.124 e. The number of hydrogen-bond acceptors (Lipinski definition) is 3. The van der Waals surface area contributed by atoms with Gasteiger partial charge in [-0.25, -0.2) is 0 Å². The Morgan fingerprint density at radius 3 is 2.67 bits per heavy atom. The van der Waals surface area contributed by atoms with Crippen molar-refractivity contribution in [1.29, 1.82) is 0 Å². The fraction of sp³-hybridized carbons (Fsp3) is 0.333. The molecule has 0 bridgehead atoms. The van der Waals surface area contributed by atoms with Crippen molar-refractivity contribution in [2.45, 2.75) is 24.9 Å². The molecule has 0 fully saturated rings. The van der Waals surface area contributed by atoms with Crippen LogP contribution in [0.15, 0.2) is 54.6 Å². The molecule has 0 saturated carbocycles. The minimum atomic E-state index is 0.0588. The van der Waals surface area contributed by atoms with E-state index in [1.165, 1.54) is 11.1 Å². The Morgan fingerprint density at radius 1 is 1.10 bits per heavy atom. The molecule has 110 valence electrons. The highest BCUT2D eigenvalue weighted by molar-refractivity contribution is 5.37. The highest BCUT2D eigenvalue weighted by Crippen LogP contribution is 2.31. The summed E-state index contributed by atoms with van der Waals surface area (Å²) in [5.41, 5.74) is 2.43. The Kier molecular flexibility index (Phi) is 4.53. The van der Waals surface area contributed by atoms with E-state index in [0.29, 0.717) is 0 Å². The SMILES string of the molecule is OC[C@@H](Cc1ccccc1)NC1CCOc2ccccc21. The number of aliphatic hydroxyl groups is 1. The number of benzene rings is 2. The van der Waals surface area contributed by atoms with Gasteiger partial charge >= 0.3 is 0 Å². The molecule has 1 heterocycles. The summed E-state index contributed by atoms with van der Waals surface area (Å²) in [4.78, 5) is 0. The van der Waals surface area contributed by atoms with Crippen LogP contribution >= 0.6 is 0 Å². The summed E-state index contributed by atoms with van der Waals surface area (Å²) in [5.74, 6) is 0.956. The Balaban J connectivity index is 1.70. The predicted octanol–water partition coefficient (Wildman–Crippen LogP) is 2.70. The summed E-state index contributed by atoms with van der Waals surface area (Å²) < 4.78 is 5.68. The quantitative estimate of drug-likeness (QED) is 0.886. The van der Waals surface area contributed by atoms with Gasteiger partial charge in [-0.15, -0.1) is 0 Å². The van der Waals surface area contributed by atoms with Crippen molar-refractivity contribution in [3.8, 4) is 5.75 Å². The fourth-order valence-corrected chi connectivity index (χ4v) is 2.87. The number of para-hydroxylation sites is 1. The second-order valence-electron chi connectivity index (χ2n) is 5.46. The molecular weight excluding hydrogens is 262 g/mol. The van der Waals surface area contributed by atoms with Crippen molar-refractivity contribution in [2.75, 3.05) is 13.2 Å². The molecule has 3 heteroatoms. The van der Waals surface area contributed by atoms with Crippen molar-refractivity contribution in [1.82, 2.24) is 5.32 Å². The fourth-order valence-electron chi connectivity index (χ4n) is 2.87. The van der Waals surface area contributed by atoms with E-state index < -0.39 is 0 Å². The molecule has 3 rings (SSSR count). The first kappa shape index (κ1) is 14.1. The summed E-state index contributed by atoms with van der Waals surface area (Å²) in [6.07, 6.45) is 1.76. The van der Waals surface area contributed by atoms with Gasteiger partial charge in [0.1, 0.15) is 5.75 Å². The van der Waals surface area contributed by atoms with E-state index in [1.807, 2.05) is 36.4 Å². The van der Waals surface area contributed by atoms with E-state index in [-0.39, 0.29) is 18.7 Å². The van der Waals surface area contributed by atoms with E-state index in [0.717, 1.165) is 25.2 Å². The zero-order chi connectivity index (χ0) is 14.5. The van der Waals surface area contributed by atoms with Crippen LogP contribution in [-0.2, 0) is 6.42 Å². The lowest BCUT2D eigenvalue weighted by Crippen LogP contribution is -2.39. The number of nitrogens with one attached hydrogen (secondary N) is 1. The van der Waals surface area contributed by atoms with Crippen molar-refractivity contribution in [2.24, 2.45) is 0 Å². The number of hydrogen-bond donors (Lipinski definition) is 2. The van der Waals surface area contributed by atoms with Gasteiger partial charge in [-0.1, -0.05) is 48.5 Å². The molecule has 1 aliphatic rings. The number of ether oxygens (including phenoxy) is 1. The monoisotopic (exact) mass is 283 g/mol. The molecule has 3 nitrogen and oxygen atoms in total. The van der Waals surface area contributed by atoms with Crippen LogP contribution in [0.4, 0.5) is 0 Å². The van der Waals surface area contributed by atoms with E-state index in [2.05, 4.69) is 23.5 Å². The zero-order valence-corrected chi connectivity index (χ0v) is 12.0. The van der Waals surface area contributed by atoms with E-state index in [9.17, 15) is 5.11 Å². The van der Waals surface area contributed by atoms with Gasteiger partial charge in [-0.05, 0) is 18.1 Å². The lowest BCUT2D eigenvalue weighted by Gasteiger charge is -2.30. The molecule has 0 saturated heterocycles. The van der Waals surface area contributed by atoms with Crippen molar-refractivity contribution < 1.29 is 9.84 Å². The van der Waals surface area contributed by atoms with Crippen molar-refractivity contribution >= 4 is 0 Å². The Hall–Kier alpha value is -1.84. The molecule has 0 aromatic heterocycles. The maximum absolute atomic E-state index is 9.67. The first-order valence-electron chi connectivity index (χ1n) is 7.49. The van der Waals surface area contributed by atoms with Crippen LogP contribution < -0.4 is 10.1 Å².